The molecule has 0 saturated heterocycles. The predicted molar refractivity (Wildman–Crippen MR) is 230 cm³/mol. The van der Waals surface area contributed by atoms with Crippen LogP contribution in [0.25, 0.3) is 33.4 Å². The number of hydrogen-bond donors (Lipinski definition) is 0. The van der Waals surface area contributed by atoms with E-state index in [1.807, 2.05) is 0 Å². The SMILES string of the molecule is CC1(C)c2ccccc2-c2ccc(C(CCc3ccc4c(c3)C(c3ccccc3)(c3ccc(-c5ccccc5)cc3)c3ccccc3-4)c3ccccc3)cc21. The fourth-order valence-corrected chi connectivity index (χ4v) is 9.96. The highest BCUT2D eigenvalue weighted by Crippen LogP contribution is 2.56. The van der Waals surface area contributed by atoms with E-state index in [4.69, 9.17) is 0 Å². The molecule has 0 fully saturated rings. The molecule has 0 heteroatoms. The fraction of sp³-hybridized carbons (Fsp3) is 0.127. The van der Waals surface area contributed by atoms with Crippen LogP contribution in [0.2, 0.25) is 0 Å². The van der Waals surface area contributed by atoms with Gasteiger partial charge >= 0.3 is 0 Å². The quantitative estimate of drug-likeness (QED) is 0.148. The minimum atomic E-state index is -0.433. The average Bonchev–Trinajstić information content (AvgIpc) is 3.67. The van der Waals surface area contributed by atoms with Gasteiger partial charge in [-0.05, 0) is 96.3 Å². The van der Waals surface area contributed by atoms with Crippen molar-refractivity contribution in [2.24, 2.45) is 0 Å². The first kappa shape index (κ1) is 33.3. The maximum atomic E-state index is 2.54. The second-order valence-electron chi connectivity index (χ2n) is 16.0. The van der Waals surface area contributed by atoms with Crippen molar-refractivity contribution in [1.29, 1.82) is 0 Å². The lowest BCUT2D eigenvalue weighted by molar-refractivity contribution is 0.654. The highest BCUT2D eigenvalue weighted by molar-refractivity contribution is 5.87. The Morgan fingerprint density at radius 3 is 1.64 bits per heavy atom. The number of aryl methyl sites for hydroxylation is 1. The summed E-state index contributed by atoms with van der Waals surface area (Å²) in [5, 5.41) is 0. The van der Waals surface area contributed by atoms with Crippen molar-refractivity contribution in [2.75, 3.05) is 0 Å². The van der Waals surface area contributed by atoms with Gasteiger partial charge in [-0.3, -0.25) is 0 Å². The highest BCUT2D eigenvalue weighted by Gasteiger charge is 2.46. The first-order chi connectivity index (χ1) is 27.0. The van der Waals surface area contributed by atoms with Crippen molar-refractivity contribution in [3.63, 3.8) is 0 Å². The number of hydrogen-bond acceptors (Lipinski definition) is 0. The molecule has 0 bridgehead atoms. The minimum absolute atomic E-state index is 0.0295. The van der Waals surface area contributed by atoms with E-state index in [-0.39, 0.29) is 11.3 Å². The first-order valence-electron chi connectivity index (χ1n) is 19.8. The predicted octanol–water partition coefficient (Wildman–Crippen LogP) is 13.8. The molecule has 264 valence electrons. The molecule has 0 heterocycles. The lowest BCUT2D eigenvalue weighted by Crippen LogP contribution is -2.28. The molecule has 2 aliphatic rings. The van der Waals surface area contributed by atoms with Crippen LogP contribution in [-0.2, 0) is 17.3 Å². The Kier molecular flexibility index (Phi) is 8.03. The molecule has 2 unspecified atom stereocenters. The average molecular weight is 705 g/mol. The maximum absolute atomic E-state index is 2.54. The molecule has 0 amide bonds. The van der Waals surface area contributed by atoms with E-state index in [2.05, 4.69) is 214 Å². The summed E-state index contributed by atoms with van der Waals surface area (Å²) in [6.45, 7) is 4.77. The Bertz CT molecular complexity index is 2650. The van der Waals surface area contributed by atoms with Gasteiger partial charge in [-0.15, -0.1) is 0 Å². The number of rotatable bonds is 8. The van der Waals surface area contributed by atoms with Crippen molar-refractivity contribution in [1.82, 2.24) is 0 Å². The van der Waals surface area contributed by atoms with E-state index >= 15 is 0 Å². The van der Waals surface area contributed by atoms with E-state index in [1.165, 1.54) is 83.5 Å². The van der Waals surface area contributed by atoms with Crippen LogP contribution in [-0.4, -0.2) is 0 Å². The van der Waals surface area contributed by atoms with Crippen LogP contribution in [0.5, 0.6) is 0 Å². The van der Waals surface area contributed by atoms with Gasteiger partial charge in [0.05, 0.1) is 5.41 Å². The van der Waals surface area contributed by atoms with E-state index < -0.39 is 5.41 Å². The van der Waals surface area contributed by atoms with Crippen LogP contribution in [0.1, 0.15) is 76.3 Å². The third-order valence-electron chi connectivity index (χ3n) is 12.7. The van der Waals surface area contributed by atoms with Crippen molar-refractivity contribution in [3.8, 4) is 33.4 Å². The molecule has 0 aliphatic heterocycles. The Morgan fingerprint density at radius 1 is 0.382 bits per heavy atom. The Morgan fingerprint density at radius 2 is 0.909 bits per heavy atom. The molecule has 8 aromatic carbocycles. The Balaban J connectivity index is 1.07. The van der Waals surface area contributed by atoms with Crippen LogP contribution in [0.3, 0.4) is 0 Å². The lowest BCUT2D eigenvalue weighted by Gasteiger charge is -2.34. The van der Waals surface area contributed by atoms with Gasteiger partial charge in [-0.1, -0.05) is 214 Å². The fourth-order valence-electron chi connectivity index (χ4n) is 9.96. The summed E-state index contributed by atoms with van der Waals surface area (Å²) in [6, 6.07) is 75.0. The zero-order valence-corrected chi connectivity index (χ0v) is 31.5. The largest absolute Gasteiger partial charge is 0.0713 e. The van der Waals surface area contributed by atoms with E-state index in [0.29, 0.717) is 0 Å². The molecule has 2 aliphatic carbocycles. The first-order valence-corrected chi connectivity index (χ1v) is 19.8. The molecular weight excluding hydrogens is 661 g/mol. The molecule has 2 atom stereocenters. The summed E-state index contributed by atoms with van der Waals surface area (Å²) in [7, 11) is 0. The summed E-state index contributed by atoms with van der Waals surface area (Å²) in [4.78, 5) is 0. The maximum Gasteiger partial charge on any atom is 0.0713 e. The molecule has 0 nitrogen and oxygen atoms in total. The standard InChI is InChI=1S/C55H44/c1-54(2)50-24-14-12-22-46(50)48-35-30-42(37-52(48)54)45(41-18-8-4-9-19-41)33-26-38-27-34-49-47-23-13-15-25-51(47)55(53(49)36-38,43-20-10-5-11-21-43)44-31-28-40(29-32-44)39-16-6-3-7-17-39/h3-25,27-32,34-37,45H,26,33H2,1-2H3. The second kappa shape index (κ2) is 13.3. The van der Waals surface area contributed by atoms with Gasteiger partial charge in [0.15, 0.2) is 0 Å². The molecule has 0 aromatic heterocycles. The van der Waals surface area contributed by atoms with Gasteiger partial charge < -0.3 is 0 Å². The summed E-state index contributed by atoms with van der Waals surface area (Å²) < 4.78 is 0. The highest BCUT2D eigenvalue weighted by atomic mass is 14.5. The molecule has 0 radical (unpaired) electrons. The monoisotopic (exact) mass is 704 g/mol. The van der Waals surface area contributed by atoms with Crippen molar-refractivity contribution in [2.45, 2.75) is 43.4 Å². The van der Waals surface area contributed by atoms with Gasteiger partial charge in [0.2, 0.25) is 0 Å². The number of fused-ring (bicyclic) bond motifs is 6. The van der Waals surface area contributed by atoms with Crippen molar-refractivity contribution in [3.05, 3.63) is 250 Å². The van der Waals surface area contributed by atoms with Crippen LogP contribution >= 0.6 is 0 Å². The molecule has 0 saturated carbocycles. The summed E-state index contributed by atoms with van der Waals surface area (Å²) in [5.41, 5.74) is 19.8. The summed E-state index contributed by atoms with van der Waals surface area (Å²) in [5.74, 6) is 0.279. The van der Waals surface area contributed by atoms with Crippen LogP contribution in [0.4, 0.5) is 0 Å². The zero-order chi connectivity index (χ0) is 37.0. The van der Waals surface area contributed by atoms with Crippen LogP contribution < -0.4 is 0 Å². The van der Waals surface area contributed by atoms with Crippen molar-refractivity contribution >= 4 is 0 Å². The molecule has 0 N–H and O–H groups in total. The minimum Gasteiger partial charge on any atom is -0.0622 e. The van der Waals surface area contributed by atoms with Gasteiger partial charge in [0.1, 0.15) is 0 Å². The number of benzene rings is 8. The Labute approximate surface area is 325 Å². The molecular formula is C55H44. The van der Waals surface area contributed by atoms with E-state index in [1.54, 1.807) is 0 Å². The topological polar surface area (TPSA) is 0 Å². The summed E-state index contributed by atoms with van der Waals surface area (Å²) >= 11 is 0. The van der Waals surface area contributed by atoms with Crippen molar-refractivity contribution < 1.29 is 0 Å². The molecule has 55 heavy (non-hydrogen) atoms. The van der Waals surface area contributed by atoms with E-state index in [9.17, 15) is 0 Å². The molecule has 8 aromatic rings. The van der Waals surface area contributed by atoms with Crippen LogP contribution in [0, 0.1) is 0 Å². The summed E-state index contributed by atoms with van der Waals surface area (Å²) in [6.07, 6.45) is 1.99. The lowest BCUT2D eigenvalue weighted by atomic mass is 9.67. The molecule has 0 spiro atoms. The smallest absolute Gasteiger partial charge is 0.0622 e. The van der Waals surface area contributed by atoms with Gasteiger partial charge in [-0.25, -0.2) is 0 Å². The third kappa shape index (κ3) is 5.35. The second-order valence-corrected chi connectivity index (χ2v) is 16.0. The van der Waals surface area contributed by atoms with E-state index in [0.717, 1.165) is 12.8 Å². The van der Waals surface area contributed by atoms with Gasteiger partial charge in [0, 0.05) is 11.3 Å². The van der Waals surface area contributed by atoms with Gasteiger partial charge in [0.25, 0.3) is 0 Å². The van der Waals surface area contributed by atoms with Gasteiger partial charge in [-0.2, -0.15) is 0 Å². The zero-order valence-electron chi connectivity index (χ0n) is 31.5. The molecule has 10 rings (SSSR count). The third-order valence-corrected chi connectivity index (χ3v) is 12.7. The Hall–Kier alpha value is -6.24. The van der Waals surface area contributed by atoms with Crippen LogP contribution in [0.15, 0.2) is 200 Å². The normalized spacial score (nSPS) is 16.5.